The standard InChI is InChI=1S/C24H14F5N3O2/c1-34-20-9-8-13(24(27,28)29)10-19(20)30-12-31-22-14(4-2-6-17(22)25)16-11-21(33)32-23-15(16)5-3-7-18(23)26/h2-11H,1H3,(H,32,33). The Hall–Kier alpha value is -4.30. The summed E-state index contributed by atoms with van der Waals surface area (Å²) in [6, 6.07) is 14.1. The Morgan fingerprint density at radius 1 is 0.912 bits per heavy atom. The van der Waals surface area contributed by atoms with Crippen molar-refractivity contribution in [2.75, 3.05) is 7.11 Å². The smallest absolute Gasteiger partial charge is 0.416 e. The van der Waals surface area contributed by atoms with Crippen LogP contribution in [0.3, 0.4) is 0 Å². The lowest BCUT2D eigenvalue weighted by atomic mass is 9.99. The molecule has 5 nitrogen and oxygen atoms in total. The maximum absolute atomic E-state index is 14.7. The molecule has 10 heteroatoms. The first-order chi connectivity index (χ1) is 16.2. The third-order valence-corrected chi connectivity index (χ3v) is 4.94. The molecule has 0 amide bonds. The molecule has 0 atom stereocenters. The molecule has 0 aliphatic carbocycles. The van der Waals surface area contributed by atoms with Crippen LogP contribution in [0.2, 0.25) is 0 Å². The van der Waals surface area contributed by atoms with E-state index in [1.165, 1.54) is 37.4 Å². The van der Waals surface area contributed by atoms with Crippen molar-refractivity contribution < 1.29 is 26.7 Å². The van der Waals surface area contributed by atoms with Gasteiger partial charge in [0.2, 0.25) is 5.56 Å². The Morgan fingerprint density at radius 2 is 1.65 bits per heavy atom. The Kier molecular flexibility index (Phi) is 6.00. The molecule has 0 fully saturated rings. The van der Waals surface area contributed by atoms with E-state index >= 15 is 0 Å². The Balaban J connectivity index is 1.88. The van der Waals surface area contributed by atoms with Gasteiger partial charge in [0.15, 0.2) is 0 Å². The number of benzene rings is 3. The second-order valence-corrected chi connectivity index (χ2v) is 7.05. The van der Waals surface area contributed by atoms with E-state index in [1.807, 2.05) is 0 Å². The summed E-state index contributed by atoms with van der Waals surface area (Å²) in [5, 5.41) is 0.304. The molecule has 1 N–H and O–H groups in total. The zero-order valence-corrected chi connectivity index (χ0v) is 17.4. The molecule has 1 aromatic heterocycles. The molecule has 1 heterocycles. The Labute approximate surface area is 188 Å². The number of halogens is 5. The molecule has 0 saturated carbocycles. The third-order valence-electron chi connectivity index (χ3n) is 4.94. The Morgan fingerprint density at radius 3 is 2.38 bits per heavy atom. The molecular formula is C24H14F5N3O2. The average Bonchev–Trinajstić information content (AvgIpc) is 2.79. The Bertz CT molecular complexity index is 1520. The summed E-state index contributed by atoms with van der Waals surface area (Å²) in [5.41, 5.74) is -1.80. The molecule has 0 bridgehead atoms. The maximum Gasteiger partial charge on any atom is 0.416 e. The lowest BCUT2D eigenvalue weighted by Crippen LogP contribution is -2.06. The molecule has 0 radical (unpaired) electrons. The van der Waals surface area contributed by atoms with E-state index in [0.717, 1.165) is 24.3 Å². The monoisotopic (exact) mass is 471 g/mol. The van der Waals surface area contributed by atoms with Gasteiger partial charge in [0.1, 0.15) is 34.8 Å². The summed E-state index contributed by atoms with van der Waals surface area (Å²) in [6.45, 7) is 0. The molecule has 0 aliphatic heterocycles. The van der Waals surface area contributed by atoms with E-state index in [0.29, 0.717) is 5.39 Å². The molecule has 0 spiro atoms. The van der Waals surface area contributed by atoms with E-state index in [1.54, 1.807) is 6.07 Å². The third kappa shape index (κ3) is 4.44. The number of nitrogens with zero attached hydrogens (tertiary/aromatic N) is 2. The number of alkyl halides is 3. The van der Waals surface area contributed by atoms with Crippen molar-refractivity contribution in [1.29, 1.82) is 0 Å². The summed E-state index contributed by atoms with van der Waals surface area (Å²) in [5.74, 6) is -1.45. The second kappa shape index (κ2) is 8.92. The molecule has 34 heavy (non-hydrogen) atoms. The van der Waals surface area contributed by atoms with Gasteiger partial charge in [-0.1, -0.05) is 24.3 Å². The number of hydrogen-bond donors (Lipinski definition) is 1. The minimum absolute atomic E-state index is 0.0283. The summed E-state index contributed by atoms with van der Waals surface area (Å²) in [6.07, 6.45) is -4.61. The van der Waals surface area contributed by atoms with Crippen LogP contribution in [0.4, 0.5) is 33.3 Å². The van der Waals surface area contributed by atoms with E-state index < -0.39 is 28.9 Å². The van der Waals surface area contributed by atoms with Crippen LogP contribution >= 0.6 is 0 Å². The SMILES string of the molecule is COc1ccc(C(F)(F)F)cc1N=C=Nc1c(F)cccc1-c1cc(=O)[nH]c2c(F)cccc12. The molecule has 4 rings (SSSR count). The molecule has 172 valence electrons. The summed E-state index contributed by atoms with van der Waals surface area (Å²) in [7, 11) is 1.25. The fraction of sp³-hybridized carbons (Fsp3) is 0.0833. The van der Waals surface area contributed by atoms with Gasteiger partial charge in [-0.25, -0.2) is 8.78 Å². The molecule has 0 unspecified atom stereocenters. The van der Waals surface area contributed by atoms with Gasteiger partial charge in [-0.05, 0) is 35.9 Å². The van der Waals surface area contributed by atoms with Gasteiger partial charge >= 0.3 is 6.18 Å². The number of para-hydroxylation sites is 2. The van der Waals surface area contributed by atoms with Gasteiger partial charge < -0.3 is 9.72 Å². The zero-order chi connectivity index (χ0) is 24.5. The van der Waals surface area contributed by atoms with Crippen LogP contribution in [-0.4, -0.2) is 18.1 Å². The molecule has 0 aliphatic rings. The van der Waals surface area contributed by atoms with Crippen molar-refractivity contribution >= 4 is 28.3 Å². The van der Waals surface area contributed by atoms with Crippen molar-refractivity contribution in [2.24, 2.45) is 9.98 Å². The molecule has 0 saturated heterocycles. The summed E-state index contributed by atoms with van der Waals surface area (Å²) < 4.78 is 73.1. The minimum atomic E-state index is -4.61. The van der Waals surface area contributed by atoms with Crippen LogP contribution in [0.1, 0.15) is 5.56 Å². The maximum atomic E-state index is 14.7. The lowest BCUT2D eigenvalue weighted by Gasteiger charge is -2.10. The number of fused-ring (bicyclic) bond motifs is 1. The quantitative estimate of drug-likeness (QED) is 0.268. The number of ether oxygens (including phenoxy) is 1. The number of methoxy groups -OCH3 is 1. The minimum Gasteiger partial charge on any atom is -0.494 e. The number of pyridine rings is 1. The molecule has 4 aromatic rings. The highest BCUT2D eigenvalue weighted by atomic mass is 19.4. The van der Waals surface area contributed by atoms with Crippen LogP contribution in [0.25, 0.3) is 22.0 Å². The topological polar surface area (TPSA) is 66.8 Å². The van der Waals surface area contributed by atoms with Crippen LogP contribution in [0.15, 0.2) is 75.4 Å². The largest absolute Gasteiger partial charge is 0.494 e. The molecular weight excluding hydrogens is 457 g/mol. The number of hydrogen-bond acceptors (Lipinski definition) is 4. The van der Waals surface area contributed by atoms with Gasteiger partial charge in [0.25, 0.3) is 0 Å². The van der Waals surface area contributed by atoms with Crippen molar-refractivity contribution in [3.8, 4) is 16.9 Å². The summed E-state index contributed by atoms with van der Waals surface area (Å²) >= 11 is 0. The highest BCUT2D eigenvalue weighted by molar-refractivity contribution is 5.97. The number of aromatic amines is 1. The number of nitrogens with one attached hydrogen (secondary N) is 1. The van der Waals surface area contributed by atoms with Gasteiger partial charge in [0.05, 0.1) is 18.2 Å². The predicted molar refractivity (Wildman–Crippen MR) is 117 cm³/mol. The van der Waals surface area contributed by atoms with Crippen LogP contribution in [0, 0.1) is 11.6 Å². The van der Waals surface area contributed by atoms with Crippen LogP contribution in [0.5, 0.6) is 5.75 Å². The van der Waals surface area contributed by atoms with Crippen LogP contribution < -0.4 is 10.3 Å². The van der Waals surface area contributed by atoms with Crippen LogP contribution in [-0.2, 0) is 6.18 Å². The van der Waals surface area contributed by atoms with Crippen molar-refractivity contribution in [1.82, 2.24) is 4.98 Å². The number of rotatable bonds is 4. The fourth-order valence-corrected chi connectivity index (χ4v) is 3.40. The first kappa shape index (κ1) is 22.9. The van der Waals surface area contributed by atoms with Crippen molar-refractivity contribution in [3.05, 3.63) is 88.2 Å². The van der Waals surface area contributed by atoms with E-state index in [-0.39, 0.29) is 33.8 Å². The van der Waals surface area contributed by atoms with E-state index in [4.69, 9.17) is 4.74 Å². The van der Waals surface area contributed by atoms with Gasteiger partial charge in [-0.15, -0.1) is 0 Å². The highest BCUT2D eigenvalue weighted by Gasteiger charge is 2.31. The lowest BCUT2D eigenvalue weighted by molar-refractivity contribution is -0.137. The zero-order valence-electron chi connectivity index (χ0n) is 17.4. The first-order valence-electron chi connectivity index (χ1n) is 9.71. The van der Waals surface area contributed by atoms with Crippen molar-refractivity contribution in [3.63, 3.8) is 0 Å². The highest BCUT2D eigenvalue weighted by Crippen LogP contribution is 2.37. The predicted octanol–water partition coefficient (Wildman–Crippen LogP) is 6.64. The number of aromatic nitrogens is 1. The molecule has 3 aromatic carbocycles. The fourth-order valence-electron chi connectivity index (χ4n) is 3.40. The average molecular weight is 471 g/mol. The second-order valence-electron chi connectivity index (χ2n) is 7.05. The first-order valence-corrected chi connectivity index (χ1v) is 9.71. The number of H-pyrrole nitrogens is 1. The van der Waals surface area contributed by atoms with Gasteiger partial charge in [0, 0.05) is 17.0 Å². The summed E-state index contributed by atoms with van der Waals surface area (Å²) in [4.78, 5) is 22.2. The van der Waals surface area contributed by atoms with Crippen molar-refractivity contribution in [2.45, 2.75) is 6.18 Å². The van der Waals surface area contributed by atoms with Gasteiger partial charge in [-0.3, -0.25) is 4.79 Å². The van der Waals surface area contributed by atoms with E-state index in [9.17, 15) is 26.7 Å². The van der Waals surface area contributed by atoms with Gasteiger partial charge in [-0.2, -0.15) is 23.2 Å². The normalized spacial score (nSPS) is 11.2. The van der Waals surface area contributed by atoms with E-state index in [2.05, 4.69) is 21.0 Å². The number of aliphatic imine (C=N–C) groups is 2.